The molecule has 2 N–H and O–H groups in total. The van der Waals surface area contributed by atoms with Gasteiger partial charge in [-0.3, -0.25) is 4.79 Å². The summed E-state index contributed by atoms with van der Waals surface area (Å²) in [7, 11) is 0. The first kappa shape index (κ1) is 14.7. The summed E-state index contributed by atoms with van der Waals surface area (Å²) in [6.07, 6.45) is 0.245. The van der Waals surface area contributed by atoms with Crippen LogP contribution in [0, 0.1) is 0 Å². The van der Waals surface area contributed by atoms with Gasteiger partial charge in [-0.2, -0.15) is 0 Å². The van der Waals surface area contributed by atoms with Crippen molar-refractivity contribution in [2.45, 2.75) is 30.6 Å². The van der Waals surface area contributed by atoms with E-state index in [0.717, 1.165) is 5.56 Å². The number of halogens is 1. The fourth-order valence-electron chi connectivity index (χ4n) is 1.55. The van der Waals surface area contributed by atoms with Crippen molar-refractivity contribution in [1.82, 2.24) is 5.32 Å². The molecule has 0 saturated heterocycles. The Morgan fingerprint density at radius 3 is 2.39 bits per heavy atom. The summed E-state index contributed by atoms with van der Waals surface area (Å²) in [6.45, 7) is 3.16. The third kappa shape index (κ3) is 3.84. The van der Waals surface area contributed by atoms with Gasteiger partial charge in [0.2, 0.25) is 5.91 Å². The molecule has 98 valence electrons. The standard InChI is InChI=1S/C13H16BrNO3/c1-9(14)11(16)15-13(2,12(17)18)8-10-6-4-3-5-7-10/h3-7,9H,8H2,1-2H3,(H,15,16)(H,17,18)/t9?,13-/m0/s1. The van der Waals surface area contributed by atoms with Crippen LogP contribution in [0.4, 0.5) is 0 Å². The maximum atomic E-state index is 11.6. The average Bonchev–Trinajstić information content (AvgIpc) is 2.29. The van der Waals surface area contributed by atoms with Crippen LogP contribution >= 0.6 is 15.9 Å². The first-order valence-electron chi connectivity index (χ1n) is 5.58. The Morgan fingerprint density at radius 1 is 1.39 bits per heavy atom. The highest BCUT2D eigenvalue weighted by atomic mass is 79.9. The fraction of sp³-hybridized carbons (Fsp3) is 0.385. The molecular formula is C13H16BrNO3. The van der Waals surface area contributed by atoms with Gasteiger partial charge in [-0.05, 0) is 19.4 Å². The molecule has 0 spiro atoms. The zero-order chi connectivity index (χ0) is 13.8. The summed E-state index contributed by atoms with van der Waals surface area (Å²) in [4.78, 5) is 22.6. The molecule has 0 aliphatic heterocycles. The maximum absolute atomic E-state index is 11.6. The van der Waals surface area contributed by atoms with E-state index in [9.17, 15) is 14.7 Å². The van der Waals surface area contributed by atoms with Gasteiger partial charge in [-0.15, -0.1) is 0 Å². The summed E-state index contributed by atoms with van der Waals surface area (Å²) >= 11 is 3.12. The molecule has 0 aliphatic carbocycles. The van der Waals surface area contributed by atoms with Gasteiger partial charge in [0.15, 0.2) is 0 Å². The normalized spacial score (nSPS) is 15.5. The Hall–Kier alpha value is -1.36. The summed E-state index contributed by atoms with van der Waals surface area (Å²) in [5.74, 6) is -1.39. The van der Waals surface area contributed by atoms with Crippen LogP contribution in [0.25, 0.3) is 0 Å². The molecule has 0 fully saturated rings. The van der Waals surface area contributed by atoms with Gasteiger partial charge >= 0.3 is 5.97 Å². The van der Waals surface area contributed by atoms with Crippen molar-refractivity contribution in [2.24, 2.45) is 0 Å². The topological polar surface area (TPSA) is 66.4 Å². The summed E-state index contributed by atoms with van der Waals surface area (Å²) < 4.78 is 0. The van der Waals surface area contributed by atoms with E-state index in [1.54, 1.807) is 6.92 Å². The van der Waals surface area contributed by atoms with Gasteiger partial charge in [0, 0.05) is 6.42 Å². The average molecular weight is 314 g/mol. The van der Waals surface area contributed by atoms with Crippen molar-refractivity contribution in [3.05, 3.63) is 35.9 Å². The number of amides is 1. The fourth-order valence-corrected chi connectivity index (χ4v) is 1.66. The van der Waals surface area contributed by atoms with Crippen molar-refractivity contribution in [2.75, 3.05) is 0 Å². The van der Waals surface area contributed by atoms with Crippen LogP contribution in [0.2, 0.25) is 0 Å². The number of carbonyl (C=O) groups excluding carboxylic acids is 1. The number of benzene rings is 1. The van der Waals surface area contributed by atoms with Gasteiger partial charge in [0.1, 0.15) is 5.54 Å². The van der Waals surface area contributed by atoms with E-state index in [1.807, 2.05) is 30.3 Å². The first-order valence-corrected chi connectivity index (χ1v) is 6.50. The van der Waals surface area contributed by atoms with Gasteiger partial charge in [0.05, 0.1) is 4.83 Å². The number of carboxylic acid groups (broad SMARTS) is 1. The highest BCUT2D eigenvalue weighted by Gasteiger charge is 2.35. The van der Waals surface area contributed by atoms with Crippen LogP contribution in [0.5, 0.6) is 0 Å². The van der Waals surface area contributed by atoms with Crippen LogP contribution in [-0.2, 0) is 16.0 Å². The third-order valence-electron chi connectivity index (χ3n) is 2.63. The lowest BCUT2D eigenvalue weighted by Gasteiger charge is -2.27. The molecule has 5 heteroatoms. The summed E-state index contributed by atoms with van der Waals surface area (Å²) in [6, 6.07) is 9.22. The van der Waals surface area contributed by atoms with Crippen molar-refractivity contribution in [3.8, 4) is 0 Å². The van der Waals surface area contributed by atoms with E-state index in [0.29, 0.717) is 0 Å². The van der Waals surface area contributed by atoms with E-state index in [4.69, 9.17) is 0 Å². The molecule has 1 aromatic carbocycles. The molecule has 4 nitrogen and oxygen atoms in total. The van der Waals surface area contributed by atoms with Crippen molar-refractivity contribution in [1.29, 1.82) is 0 Å². The molecule has 1 unspecified atom stereocenters. The number of aliphatic carboxylic acids is 1. The highest BCUT2D eigenvalue weighted by molar-refractivity contribution is 9.10. The van der Waals surface area contributed by atoms with Crippen LogP contribution in [0.1, 0.15) is 19.4 Å². The van der Waals surface area contributed by atoms with Crippen LogP contribution in [-0.4, -0.2) is 27.3 Å². The van der Waals surface area contributed by atoms with E-state index in [1.165, 1.54) is 6.92 Å². The van der Waals surface area contributed by atoms with Gasteiger partial charge in [0.25, 0.3) is 0 Å². The van der Waals surface area contributed by atoms with Crippen LogP contribution < -0.4 is 5.32 Å². The molecule has 0 radical (unpaired) electrons. The second kappa shape index (κ2) is 6.00. The number of hydrogen-bond acceptors (Lipinski definition) is 2. The predicted octanol–water partition coefficient (Wildman–Crippen LogP) is 1.97. The number of carboxylic acids is 1. The van der Waals surface area contributed by atoms with Crippen molar-refractivity contribution < 1.29 is 14.7 Å². The molecule has 1 aromatic rings. The molecule has 0 bridgehead atoms. The molecule has 0 aromatic heterocycles. The van der Waals surface area contributed by atoms with Crippen molar-refractivity contribution in [3.63, 3.8) is 0 Å². The Kier molecular flexibility index (Phi) is 4.90. The minimum Gasteiger partial charge on any atom is -0.480 e. The molecule has 0 saturated carbocycles. The largest absolute Gasteiger partial charge is 0.480 e. The maximum Gasteiger partial charge on any atom is 0.329 e. The van der Waals surface area contributed by atoms with Crippen molar-refractivity contribution >= 4 is 27.8 Å². The zero-order valence-corrected chi connectivity index (χ0v) is 11.9. The van der Waals surface area contributed by atoms with Crippen LogP contribution in [0.15, 0.2) is 30.3 Å². The van der Waals surface area contributed by atoms with Crippen LogP contribution in [0.3, 0.4) is 0 Å². The zero-order valence-electron chi connectivity index (χ0n) is 10.3. The minimum atomic E-state index is -1.31. The number of rotatable bonds is 5. The quantitative estimate of drug-likeness (QED) is 0.817. The summed E-state index contributed by atoms with van der Waals surface area (Å²) in [5.41, 5.74) is -0.439. The van der Waals surface area contributed by atoms with E-state index >= 15 is 0 Å². The monoisotopic (exact) mass is 313 g/mol. The molecule has 1 rings (SSSR count). The Labute approximate surface area is 115 Å². The summed E-state index contributed by atoms with van der Waals surface area (Å²) in [5, 5.41) is 11.8. The van der Waals surface area contributed by atoms with E-state index in [-0.39, 0.29) is 12.3 Å². The molecule has 18 heavy (non-hydrogen) atoms. The Bertz CT molecular complexity index is 433. The number of hydrogen-bond donors (Lipinski definition) is 2. The second-order valence-electron chi connectivity index (χ2n) is 4.40. The van der Waals surface area contributed by atoms with Gasteiger partial charge < -0.3 is 10.4 Å². The molecular weight excluding hydrogens is 298 g/mol. The molecule has 2 atom stereocenters. The molecule has 1 amide bonds. The van der Waals surface area contributed by atoms with Gasteiger partial charge in [-0.1, -0.05) is 46.3 Å². The van der Waals surface area contributed by atoms with E-state index in [2.05, 4.69) is 21.2 Å². The Morgan fingerprint density at radius 2 is 1.94 bits per heavy atom. The second-order valence-corrected chi connectivity index (χ2v) is 5.78. The molecule has 0 heterocycles. The lowest BCUT2D eigenvalue weighted by Crippen LogP contribution is -2.55. The minimum absolute atomic E-state index is 0.245. The van der Waals surface area contributed by atoms with E-state index < -0.39 is 16.3 Å². The number of alkyl halides is 1. The number of carbonyl (C=O) groups is 2. The first-order chi connectivity index (χ1) is 8.35. The highest BCUT2D eigenvalue weighted by Crippen LogP contribution is 2.15. The lowest BCUT2D eigenvalue weighted by atomic mass is 9.92. The predicted molar refractivity (Wildman–Crippen MR) is 72.7 cm³/mol. The van der Waals surface area contributed by atoms with Gasteiger partial charge in [-0.25, -0.2) is 4.79 Å². The number of nitrogens with one attached hydrogen (secondary N) is 1. The Balaban J connectivity index is 2.88. The lowest BCUT2D eigenvalue weighted by molar-refractivity contribution is -0.146. The third-order valence-corrected chi connectivity index (χ3v) is 3.05. The molecule has 0 aliphatic rings. The SMILES string of the molecule is CC(Br)C(=O)N[C@@](C)(Cc1ccccc1)C(=O)O. The smallest absolute Gasteiger partial charge is 0.329 e.